The van der Waals surface area contributed by atoms with Gasteiger partial charge in [-0.1, -0.05) is 18.3 Å². The van der Waals surface area contributed by atoms with Crippen LogP contribution in [0, 0.1) is 0 Å². The largest absolute Gasteiger partial charge is 0.351 e. The first-order valence-electron chi connectivity index (χ1n) is 3.22. The summed E-state index contributed by atoms with van der Waals surface area (Å²) < 4.78 is 0. The molecule has 0 fully saturated rings. The molecule has 0 spiro atoms. The first-order chi connectivity index (χ1) is 5.70. The fourth-order valence-corrected chi connectivity index (χ4v) is 0.894. The maximum absolute atomic E-state index is 10.4. The quantitative estimate of drug-likeness (QED) is 0.617. The first kappa shape index (κ1) is 8.61. The lowest BCUT2D eigenvalue weighted by Gasteiger charge is -2.01. The molecule has 0 aliphatic carbocycles. The Morgan fingerprint density at radius 3 is 2.83 bits per heavy atom. The van der Waals surface area contributed by atoms with Gasteiger partial charge >= 0.3 is 6.03 Å². The molecule has 4 nitrogen and oxygen atoms in total. The van der Waals surface area contributed by atoms with Crippen molar-refractivity contribution in [2.45, 2.75) is 0 Å². The molecule has 0 aliphatic rings. The lowest BCUT2D eigenvalue weighted by Crippen LogP contribution is -2.34. The van der Waals surface area contributed by atoms with Gasteiger partial charge in [-0.2, -0.15) is 0 Å². The third-order valence-electron chi connectivity index (χ3n) is 1.13. The number of carbonyl (C=O) groups is 1. The minimum Gasteiger partial charge on any atom is -0.351 e. The number of nitrogens with zero attached hydrogens (tertiary/aromatic N) is 1. The molecule has 1 aromatic rings. The number of amides is 2. The number of thiocarbonyl (C=S) groups is 1. The van der Waals surface area contributed by atoms with E-state index in [1.807, 2.05) is 0 Å². The van der Waals surface area contributed by atoms with Crippen LogP contribution in [-0.2, 0) is 0 Å². The van der Waals surface area contributed by atoms with Crippen LogP contribution in [-0.4, -0.2) is 16.0 Å². The van der Waals surface area contributed by atoms with E-state index in [-0.39, 0.29) is 4.99 Å². The van der Waals surface area contributed by atoms with Crippen molar-refractivity contribution in [3.05, 3.63) is 30.1 Å². The third kappa shape index (κ3) is 2.28. The average molecular weight is 181 g/mol. The molecule has 0 unspecified atom stereocenters. The Bertz CT molecular complexity index is 299. The maximum Gasteiger partial charge on any atom is 0.317 e. The van der Waals surface area contributed by atoms with Crippen molar-refractivity contribution in [1.29, 1.82) is 0 Å². The lowest BCUT2D eigenvalue weighted by molar-refractivity contribution is 0.253. The van der Waals surface area contributed by atoms with Crippen molar-refractivity contribution < 1.29 is 4.79 Å². The van der Waals surface area contributed by atoms with Gasteiger partial charge in [0.1, 0.15) is 4.99 Å². The summed E-state index contributed by atoms with van der Waals surface area (Å²) >= 11 is 4.82. The number of carbonyl (C=O) groups excluding carboxylic acids is 1. The minimum absolute atomic E-state index is 0.239. The van der Waals surface area contributed by atoms with Crippen molar-refractivity contribution in [2.24, 2.45) is 5.73 Å². The Morgan fingerprint density at radius 2 is 2.33 bits per heavy atom. The summed E-state index contributed by atoms with van der Waals surface area (Å²) in [6.45, 7) is 0. The van der Waals surface area contributed by atoms with E-state index < -0.39 is 6.03 Å². The molecule has 0 saturated heterocycles. The van der Waals surface area contributed by atoms with Crippen LogP contribution in [0.5, 0.6) is 0 Å². The van der Waals surface area contributed by atoms with Crippen molar-refractivity contribution >= 4 is 23.2 Å². The van der Waals surface area contributed by atoms with E-state index >= 15 is 0 Å². The van der Waals surface area contributed by atoms with E-state index in [4.69, 9.17) is 18.0 Å². The van der Waals surface area contributed by atoms with Gasteiger partial charge in [-0.05, 0) is 12.1 Å². The van der Waals surface area contributed by atoms with Gasteiger partial charge in [0, 0.05) is 6.20 Å². The van der Waals surface area contributed by atoms with Crippen LogP contribution in [0.3, 0.4) is 0 Å². The second-order valence-corrected chi connectivity index (χ2v) is 2.44. The van der Waals surface area contributed by atoms with Crippen molar-refractivity contribution in [2.75, 3.05) is 0 Å². The highest BCUT2D eigenvalue weighted by molar-refractivity contribution is 7.80. The molecule has 1 aromatic heterocycles. The van der Waals surface area contributed by atoms with Gasteiger partial charge in [0.2, 0.25) is 0 Å². The van der Waals surface area contributed by atoms with Gasteiger partial charge in [-0.3, -0.25) is 10.3 Å². The van der Waals surface area contributed by atoms with Gasteiger partial charge in [-0.15, -0.1) is 0 Å². The zero-order valence-corrected chi connectivity index (χ0v) is 6.97. The SMILES string of the molecule is NC(=O)NC(=S)c1ccccn1. The Labute approximate surface area is 74.8 Å². The number of urea groups is 1. The van der Waals surface area contributed by atoms with E-state index in [1.54, 1.807) is 24.4 Å². The predicted octanol–water partition coefficient (Wildman–Crippen LogP) is 0.425. The van der Waals surface area contributed by atoms with Crippen LogP contribution in [0.2, 0.25) is 0 Å². The summed E-state index contributed by atoms with van der Waals surface area (Å²) in [5.74, 6) is 0. The van der Waals surface area contributed by atoms with Crippen LogP contribution >= 0.6 is 12.2 Å². The summed E-state index contributed by atoms with van der Waals surface area (Å²) in [4.78, 5) is 14.5. The van der Waals surface area contributed by atoms with Crippen LogP contribution in [0.4, 0.5) is 4.79 Å². The van der Waals surface area contributed by atoms with Crippen LogP contribution in [0.1, 0.15) is 5.69 Å². The van der Waals surface area contributed by atoms with Crippen LogP contribution < -0.4 is 11.1 Å². The Morgan fingerprint density at radius 1 is 1.58 bits per heavy atom. The second kappa shape index (κ2) is 3.77. The standard InChI is InChI=1S/C7H7N3OS/c8-7(11)10-6(12)5-3-1-2-4-9-5/h1-4H,(H3,8,10,11,12). The van der Waals surface area contributed by atoms with E-state index in [9.17, 15) is 4.79 Å². The molecule has 0 aliphatic heterocycles. The molecule has 0 saturated carbocycles. The molecular weight excluding hydrogens is 174 g/mol. The smallest absolute Gasteiger partial charge is 0.317 e. The first-order valence-corrected chi connectivity index (χ1v) is 3.63. The molecule has 62 valence electrons. The average Bonchev–Trinajstić information content (AvgIpc) is 2.05. The summed E-state index contributed by atoms with van der Waals surface area (Å²) in [6.07, 6.45) is 1.59. The number of pyridine rings is 1. The molecule has 1 rings (SSSR count). The van der Waals surface area contributed by atoms with Gasteiger partial charge in [0.25, 0.3) is 0 Å². The molecule has 1 heterocycles. The molecule has 0 aromatic carbocycles. The summed E-state index contributed by atoms with van der Waals surface area (Å²) in [5.41, 5.74) is 5.40. The monoisotopic (exact) mass is 181 g/mol. The Balaban J connectivity index is 2.73. The second-order valence-electron chi connectivity index (χ2n) is 2.03. The highest BCUT2D eigenvalue weighted by Crippen LogP contribution is 1.93. The lowest BCUT2D eigenvalue weighted by atomic mass is 10.3. The molecule has 0 atom stereocenters. The topological polar surface area (TPSA) is 68.0 Å². The maximum atomic E-state index is 10.4. The van der Waals surface area contributed by atoms with Crippen LogP contribution in [0.25, 0.3) is 0 Å². The molecule has 3 N–H and O–H groups in total. The number of aromatic nitrogens is 1. The van der Waals surface area contributed by atoms with Crippen molar-refractivity contribution in [3.63, 3.8) is 0 Å². The zero-order valence-electron chi connectivity index (χ0n) is 6.15. The molecule has 0 radical (unpaired) electrons. The molecule has 5 heteroatoms. The fourth-order valence-electron chi connectivity index (χ4n) is 0.673. The number of hydrogen-bond acceptors (Lipinski definition) is 3. The van der Waals surface area contributed by atoms with Gasteiger partial charge < -0.3 is 5.73 Å². The van der Waals surface area contributed by atoms with Crippen molar-refractivity contribution in [1.82, 2.24) is 10.3 Å². The predicted molar refractivity (Wildman–Crippen MR) is 48.7 cm³/mol. The number of nitrogens with one attached hydrogen (secondary N) is 1. The molecular formula is C7H7N3OS. The number of nitrogens with two attached hydrogens (primary N) is 1. The summed E-state index contributed by atoms with van der Waals surface area (Å²) in [6, 6.07) is 4.55. The highest BCUT2D eigenvalue weighted by Gasteiger charge is 2.02. The van der Waals surface area contributed by atoms with Gasteiger partial charge in [-0.25, -0.2) is 4.79 Å². The highest BCUT2D eigenvalue weighted by atomic mass is 32.1. The minimum atomic E-state index is -0.675. The summed E-state index contributed by atoms with van der Waals surface area (Å²) in [7, 11) is 0. The van der Waals surface area contributed by atoms with E-state index in [1.165, 1.54) is 0 Å². The number of rotatable bonds is 1. The van der Waals surface area contributed by atoms with Gasteiger partial charge in [0.15, 0.2) is 0 Å². The Kier molecular flexibility index (Phi) is 2.71. The molecule has 12 heavy (non-hydrogen) atoms. The number of primary amides is 1. The Hall–Kier alpha value is -1.49. The number of hydrogen-bond donors (Lipinski definition) is 2. The van der Waals surface area contributed by atoms with E-state index in [0.29, 0.717) is 5.69 Å². The molecule has 0 bridgehead atoms. The van der Waals surface area contributed by atoms with E-state index in [0.717, 1.165) is 0 Å². The van der Waals surface area contributed by atoms with Crippen LogP contribution in [0.15, 0.2) is 24.4 Å². The van der Waals surface area contributed by atoms with Crippen molar-refractivity contribution in [3.8, 4) is 0 Å². The zero-order chi connectivity index (χ0) is 8.97. The fraction of sp³-hybridized carbons (Fsp3) is 0. The van der Waals surface area contributed by atoms with E-state index in [2.05, 4.69) is 10.3 Å². The normalized spacial score (nSPS) is 9.00. The summed E-state index contributed by atoms with van der Waals surface area (Å²) in [5, 5.41) is 2.27. The molecule has 2 amide bonds. The van der Waals surface area contributed by atoms with Gasteiger partial charge in [0.05, 0.1) is 5.69 Å². The third-order valence-corrected chi connectivity index (χ3v) is 1.45.